The first-order valence-corrected chi connectivity index (χ1v) is 13.8. The van der Waals surface area contributed by atoms with Crippen LogP contribution in [0.15, 0.2) is 12.1 Å². The lowest BCUT2D eigenvalue weighted by molar-refractivity contribution is 0.455. The van der Waals surface area contributed by atoms with Gasteiger partial charge in [-0.05, 0) is 81.0 Å². The maximum Gasteiger partial charge on any atom is 0.119 e. The lowest BCUT2D eigenvalue weighted by atomic mass is 9.64. The zero-order chi connectivity index (χ0) is 27.2. The van der Waals surface area contributed by atoms with E-state index in [4.69, 9.17) is 0 Å². The normalized spacial score (nSPS) is 12.9. The summed E-state index contributed by atoms with van der Waals surface area (Å²) in [5, 5.41) is 22.4. The first kappa shape index (κ1) is 29.3. The molecule has 35 heavy (non-hydrogen) atoms. The molecule has 0 unspecified atom stereocenters. The molecule has 0 aromatic heterocycles. The molecule has 0 atom stereocenters. The average molecular weight is 481 g/mol. The van der Waals surface area contributed by atoms with E-state index >= 15 is 0 Å². The van der Waals surface area contributed by atoms with Crippen molar-refractivity contribution in [2.75, 3.05) is 0 Å². The highest BCUT2D eigenvalue weighted by Gasteiger charge is 2.38. The highest BCUT2D eigenvalue weighted by molar-refractivity contribution is 5.63. The molecule has 0 saturated carbocycles. The molecule has 2 N–H and O–H groups in total. The summed E-state index contributed by atoms with van der Waals surface area (Å²) in [5.41, 5.74) is 9.58. The van der Waals surface area contributed by atoms with Gasteiger partial charge in [-0.15, -0.1) is 0 Å². The summed E-state index contributed by atoms with van der Waals surface area (Å²) < 4.78 is 0. The molecule has 0 radical (unpaired) electrons. The number of hydrogen-bond acceptors (Lipinski definition) is 2. The minimum absolute atomic E-state index is 0.225. The molecular weight excluding hydrogens is 428 g/mol. The van der Waals surface area contributed by atoms with E-state index in [1.807, 2.05) is 12.1 Å². The van der Waals surface area contributed by atoms with Gasteiger partial charge >= 0.3 is 0 Å². The van der Waals surface area contributed by atoms with E-state index in [1.54, 1.807) is 0 Å². The Hall–Kier alpha value is -1.96. The Labute approximate surface area is 216 Å². The largest absolute Gasteiger partial charge is 0.508 e. The number of hydrogen-bond donors (Lipinski definition) is 2. The van der Waals surface area contributed by atoms with Crippen LogP contribution in [0.5, 0.6) is 11.5 Å². The van der Waals surface area contributed by atoms with Gasteiger partial charge in [0, 0.05) is 16.5 Å². The highest BCUT2D eigenvalue weighted by atomic mass is 16.3. The van der Waals surface area contributed by atoms with E-state index in [9.17, 15) is 10.2 Å². The topological polar surface area (TPSA) is 40.5 Å². The van der Waals surface area contributed by atoms with Gasteiger partial charge in [0.05, 0.1) is 0 Å². The molecule has 0 aliphatic heterocycles. The van der Waals surface area contributed by atoms with Gasteiger partial charge in [-0.3, -0.25) is 0 Å². The van der Waals surface area contributed by atoms with Crippen LogP contribution in [0.4, 0.5) is 0 Å². The molecule has 0 bridgehead atoms. The van der Waals surface area contributed by atoms with Crippen molar-refractivity contribution in [2.45, 2.75) is 138 Å². The quantitative estimate of drug-likeness (QED) is 0.394. The van der Waals surface area contributed by atoms with E-state index in [1.165, 1.54) is 33.4 Å². The molecule has 2 nitrogen and oxygen atoms in total. The van der Waals surface area contributed by atoms with Crippen LogP contribution in [0.2, 0.25) is 0 Å². The predicted molar refractivity (Wildman–Crippen MR) is 153 cm³/mol. The number of rotatable bonds is 8. The van der Waals surface area contributed by atoms with Gasteiger partial charge in [-0.2, -0.15) is 0 Å². The molecule has 0 aliphatic rings. The Morgan fingerprint density at radius 2 is 0.714 bits per heavy atom. The van der Waals surface area contributed by atoms with Crippen molar-refractivity contribution in [1.82, 2.24) is 0 Å². The molecule has 2 heteroatoms. The molecule has 0 saturated heterocycles. The van der Waals surface area contributed by atoms with Crippen molar-refractivity contribution < 1.29 is 10.2 Å². The molecule has 0 heterocycles. The van der Waals surface area contributed by atoms with Crippen molar-refractivity contribution in [3.8, 4) is 11.5 Å². The van der Waals surface area contributed by atoms with Crippen molar-refractivity contribution in [2.24, 2.45) is 0 Å². The van der Waals surface area contributed by atoms with E-state index in [0.717, 1.165) is 11.1 Å². The Bertz CT molecular complexity index is 966. The summed E-state index contributed by atoms with van der Waals surface area (Å²) in [4.78, 5) is 0. The fraction of sp³-hybridized carbons (Fsp3) is 0.636. The SMILES string of the molecule is CC(C)c1cc(O)c(C(C)C)c(C(C)C)c1C(C)(C)c1c(C(C)C)cc(O)c(C(C)C)c1C(C)C. The third kappa shape index (κ3) is 5.27. The van der Waals surface area contributed by atoms with Crippen LogP contribution in [0.3, 0.4) is 0 Å². The molecule has 0 spiro atoms. The molecular formula is C33H52O2. The zero-order valence-electron chi connectivity index (χ0n) is 25.0. The van der Waals surface area contributed by atoms with Crippen LogP contribution in [-0.4, -0.2) is 10.2 Å². The average Bonchev–Trinajstić information content (AvgIpc) is 2.70. The Balaban J connectivity index is 3.26. The second-order valence-electron chi connectivity index (χ2n) is 12.9. The van der Waals surface area contributed by atoms with Gasteiger partial charge in [0.25, 0.3) is 0 Å². The monoisotopic (exact) mass is 480 g/mol. The molecule has 0 amide bonds. The molecule has 0 fully saturated rings. The summed E-state index contributed by atoms with van der Waals surface area (Å²) in [5.74, 6) is 2.41. The lowest BCUT2D eigenvalue weighted by Gasteiger charge is -2.40. The predicted octanol–water partition coefficient (Wildman–Crippen LogP) is 10.2. The maximum absolute atomic E-state index is 11.2. The highest BCUT2D eigenvalue weighted by Crippen LogP contribution is 2.52. The standard InChI is InChI=1S/C33H52O2/c1-17(2)23-15-25(34)27(19(5)6)29(21(9)10)31(23)33(13,14)32-24(18(3)4)16-26(35)28(20(7)8)30(32)22(11)12/h15-22,34-35H,1-14H3. The van der Waals surface area contributed by atoms with Gasteiger partial charge in [-0.25, -0.2) is 0 Å². The van der Waals surface area contributed by atoms with E-state index in [0.29, 0.717) is 11.5 Å². The number of phenols is 2. The minimum Gasteiger partial charge on any atom is -0.508 e. The molecule has 2 rings (SSSR count). The fourth-order valence-corrected chi connectivity index (χ4v) is 6.29. The van der Waals surface area contributed by atoms with Gasteiger partial charge in [-0.1, -0.05) is 96.9 Å². The van der Waals surface area contributed by atoms with Crippen molar-refractivity contribution >= 4 is 0 Å². The summed E-state index contributed by atoms with van der Waals surface area (Å²) >= 11 is 0. The number of phenolic OH excluding ortho intramolecular Hbond substituents is 2. The maximum atomic E-state index is 11.2. The smallest absolute Gasteiger partial charge is 0.119 e. The third-order valence-corrected chi connectivity index (χ3v) is 7.64. The minimum atomic E-state index is -0.312. The molecule has 2 aromatic carbocycles. The van der Waals surface area contributed by atoms with E-state index in [2.05, 4.69) is 96.9 Å². The summed E-state index contributed by atoms with van der Waals surface area (Å²) in [7, 11) is 0. The summed E-state index contributed by atoms with van der Waals surface area (Å²) in [6, 6.07) is 4.08. The zero-order valence-corrected chi connectivity index (χ0v) is 25.0. The fourth-order valence-electron chi connectivity index (χ4n) is 6.29. The Morgan fingerprint density at radius 1 is 0.457 bits per heavy atom. The summed E-state index contributed by atoms with van der Waals surface area (Å²) in [6.45, 7) is 31.4. The van der Waals surface area contributed by atoms with Gasteiger partial charge in [0.15, 0.2) is 0 Å². The van der Waals surface area contributed by atoms with Crippen LogP contribution in [0.25, 0.3) is 0 Å². The van der Waals surface area contributed by atoms with Crippen LogP contribution in [0, 0.1) is 0 Å². The second-order valence-corrected chi connectivity index (χ2v) is 12.9. The molecule has 0 aliphatic carbocycles. The first-order valence-electron chi connectivity index (χ1n) is 13.8. The van der Waals surface area contributed by atoms with Crippen molar-refractivity contribution in [3.05, 3.63) is 56.6 Å². The van der Waals surface area contributed by atoms with Crippen LogP contribution in [-0.2, 0) is 5.41 Å². The molecule has 2 aromatic rings. The Morgan fingerprint density at radius 3 is 0.914 bits per heavy atom. The van der Waals surface area contributed by atoms with Crippen molar-refractivity contribution in [3.63, 3.8) is 0 Å². The number of aromatic hydroxyl groups is 2. The van der Waals surface area contributed by atoms with Gasteiger partial charge < -0.3 is 10.2 Å². The Kier molecular flexibility index (Phi) is 8.84. The van der Waals surface area contributed by atoms with Crippen molar-refractivity contribution in [1.29, 1.82) is 0 Å². The number of benzene rings is 2. The van der Waals surface area contributed by atoms with Crippen LogP contribution >= 0.6 is 0 Å². The van der Waals surface area contributed by atoms with Crippen LogP contribution in [0.1, 0.15) is 177 Å². The van der Waals surface area contributed by atoms with Gasteiger partial charge in [0.1, 0.15) is 11.5 Å². The summed E-state index contributed by atoms with van der Waals surface area (Å²) in [6.07, 6.45) is 0. The second kappa shape index (κ2) is 10.6. The molecule has 196 valence electrons. The lowest BCUT2D eigenvalue weighted by Crippen LogP contribution is -2.29. The van der Waals surface area contributed by atoms with E-state index < -0.39 is 0 Å². The third-order valence-electron chi connectivity index (χ3n) is 7.64. The first-order chi connectivity index (χ1) is 16.0. The van der Waals surface area contributed by atoms with Crippen LogP contribution < -0.4 is 0 Å². The van der Waals surface area contributed by atoms with E-state index in [-0.39, 0.29) is 40.9 Å². The van der Waals surface area contributed by atoms with Gasteiger partial charge in [0.2, 0.25) is 0 Å².